The molecule has 1 aliphatic heterocycles. The average Bonchev–Trinajstić information content (AvgIpc) is 2.79. The predicted molar refractivity (Wildman–Crippen MR) is 95.4 cm³/mol. The molecule has 1 saturated carbocycles. The Balaban J connectivity index is 1.69. The number of carbonyl (C=O) groups excluding carboxylic acids is 3. The van der Waals surface area contributed by atoms with Gasteiger partial charge in [-0.15, -0.1) is 0 Å². The molecule has 1 saturated heterocycles. The van der Waals surface area contributed by atoms with Crippen molar-refractivity contribution in [3.8, 4) is 0 Å². The minimum atomic E-state index is -0.844. The van der Waals surface area contributed by atoms with Crippen molar-refractivity contribution in [1.29, 1.82) is 0 Å². The Morgan fingerprint density at radius 1 is 1.40 bits per heavy atom. The van der Waals surface area contributed by atoms with Gasteiger partial charge < -0.3 is 10.6 Å². The van der Waals surface area contributed by atoms with Gasteiger partial charge in [-0.2, -0.15) is 0 Å². The molecular weight excluding hydrogens is 342 g/mol. The van der Waals surface area contributed by atoms with Crippen LogP contribution in [-0.2, 0) is 9.59 Å². The fourth-order valence-electron chi connectivity index (χ4n) is 3.65. The van der Waals surface area contributed by atoms with E-state index in [2.05, 4.69) is 10.6 Å². The molecule has 2 atom stereocenters. The third-order valence-electron chi connectivity index (χ3n) is 5.26. The number of urea groups is 1. The number of imide groups is 1. The average molecular weight is 364 g/mol. The first-order valence-electron chi connectivity index (χ1n) is 8.53. The summed E-state index contributed by atoms with van der Waals surface area (Å²) in [5.74, 6) is -0.646. The number of amides is 4. The molecular formula is C18H22ClN3O3. The SMILES string of the molecule is Cc1ccc(NC(=O)CN2C(=O)N[C@]3(CCCC[C@H]3C)C2=O)cc1Cl. The van der Waals surface area contributed by atoms with Crippen LogP contribution in [-0.4, -0.2) is 34.8 Å². The van der Waals surface area contributed by atoms with Crippen LogP contribution in [0, 0.1) is 12.8 Å². The first-order chi connectivity index (χ1) is 11.8. The molecule has 7 heteroatoms. The number of anilines is 1. The minimum Gasteiger partial charge on any atom is -0.324 e. The van der Waals surface area contributed by atoms with E-state index in [1.807, 2.05) is 13.8 Å². The Kier molecular flexibility index (Phi) is 4.73. The van der Waals surface area contributed by atoms with Crippen molar-refractivity contribution in [3.05, 3.63) is 28.8 Å². The number of nitrogens with zero attached hydrogens (tertiary/aromatic N) is 1. The van der Waals surface area contributed by atoms with Gasteiger partial charge in [0.15, 0.2) is 0 Å². The monoisotopic (exact) mass is 363 g/mol. The molecule has 1 aliphatic carbocycles. The minimum absolute atomic E-state index is 0.0710. The summed E-state index contributed by atoms with van der Waals surface area (Å²) >= 11 is 6.05. The lowest BCUT2D eigenvalue weighted by atomic mass is 9.73. The molecule has 0 radical (unpaired) electrons. The highest BCUT2D eigenvalue weighted by Gasteiger charge is 2.55. The van der Waals surface area contributed by atoms with Crippen LogP contribution in [0.2, 0.25) is 5.02 Å². The van der Waals surface area contributed by atoms with Crippen molar-refractivity contribution in [2.24, 2.45) is 5.92 Å². The van der Waals surface area contributed by atoms with Crippen LogP contribution in [0.1, 0.15) is 38.2 Å². The van der Waals surface area contributed by atoms with Gasteiger partial charge >= 0.3 is 6.03 Å². The Labute approximate surface area is 151 Å². The Bertz CT molecular complexity index is 736. The molecule has 4 amide bonds. The highest BCUT2D eigenvalue weighted by Crippen LogP contribution is 2.38. The van der Waals surface area contributed by atoms with Crippen LogP contribution < -0.4 is 10.6 Å². The summed E-state index contributed by atoms with van der Waals surface area (Å²) in [6.45, 7) is 3.55. The van der Waals surface area contributed by atoms with Crippen molar-refractivity contribution in [1.82, 2.24) is 10.2 Å². The van der Waals surface area contributed by atoms with E-state index in [0.717, 1.165) is 29.7 Å². The van der Waals surface area contributed by atoms with Gasteiger partial charge in [0.05, 0.1) is 0 Å². The van der Waals surface area contributed by atoms with Crippen LogP contribution in [0.3, 0.4) is 0 Å². The number of halogens is 1. The normalized spacial score (nSPS) is 26.0. The second-order valence-corrected chi connectivity index (χ2v) is 7.36. The second-order valence-electron chi connectivity index (χ2n) is 6.95. The summed E-state index contributed by atoms with van der Waals surface area (Å²) in [6, 6.07) is 4.68. The van der Waals surface area contributed by atoms with Crippen molar-refractivity contribution in [3.63, 3.8) is 0 Å². The summed E-state index contributed by atoms with van der Waals surface area (Å²) < 4.78 is 0. The van der Waals surface area contributed by atoms with Crippen LogP contribution in [0.4, 0.5) is 10.5 Å². The smallest absolute Gasteiger partial charge is 0.324 e. The van der Waals surface area contributed by atoms with Crippen LogP contribution in [0.5, 0.6) is 0 Å². The molecule has 6 nitrogen and oxygen atoms in total. The van der Waals surface area contributed by atoms with Gasteiger partial charge in [0.2, 0.25) is 5.91 Å². The molecule has 1 aromatic rings. The van der Waals surface area contributed by atoms with E-state index in [9.17, 15) is 14.4 Å². The number of benzene rings is 1. The predicted octanol–water partition coefficient (Wildman–Crippen LogP) is 3.09. The summed E-state index contributed by atoms with van der Waals surface area (Å²) in [4.78, 5) is 38.4. The van der Waals surface area contributed by atoms with Crippen LogP contribution in [0.15, 0.2) is 18.2 Å². The van der Waals surface area contributed by atoms with Crippen molar-refractivity contribution >= 4 is 35.1 Å². The molecule has 0 unspecified atom stereocenters. The molecule has 2 N–H and O–H groups in total. The van der Waals surface area contributed by atoms with E-state index in [1.165, 1.54) is 0 Å². The van der Waals surface area contributed by atoms with Crippen LogP contribution >= 0.6 is 11.6 Å². The Morgan fingerprint density at radius 3 is 2.84 bits per heavy atom. The highest BCUT2D eigenvalue weighted by atomic mass is 35.5. The Morgan fingerprint density at radius 2 is 2.16 bits per heavy atom. The molecule has 2 fully saturated rings. The fraction of sp³-hybridized carbons (Fsp3) is 0.500. The number of nitrogens with one attached hydrogen (secondary N) is 2. The van der Waals surface area contributed by atoms with Gasteiger partial charge in [-0.05, 0) is 43.4 Å². The van der Waals surface area contributed by atoms with Gasteiger partial charge in [-0.25, -0.2) is 4.79 Å². The third kappa shape index (κ3) is 3.23. The van der Waals surface area contributed by atoms with Gasteiger partial charge in [0.25, 0.3) is 5.91 Å². The van der Waals surface area contributed by atoms with E-state index in [1.54, 1.807) is 18.2 Å². The molecule has 134 valence electrons. The maximum atomic E-state index is 12.8. The largest absolute Gasteiger partial charge is 0.325 e. The lowest BCUT2D eigenvalue weighted by molar-refractivity contribution is -0.136. The quantitative estimate of drug-likeness (QED) is 0.810. The number of hydrogen-bond donors (Lipinski definition) is 2. The molecule has 25 heavy (non-hydrogen) atoms. The van der Waals surface area contributed by atoms with E-state index >= 15 is 0 Å². The summed E-state index contributed by atoms with van der Waals surface area (Å²) in [5.41, 5.74) is 0.596. The van der Waals surface area contributed by atoms with Gasteiger partial charge in [0.1, 0.15) is 12.1 Å². The van der Waals surface area contributed by atoms with Gasteiger partial charge in [-0.3, -0.25) is 14.5 Å². The molecule has 1 aromatic carbocycles. The van der Waals surface area contributed by atoms with Crippen molar-refractivity contribution < 1.29 is 14.4 Å². The molecule has 3 rings (SSSR count). The second kappa shape index (κ2) is 6.67. The lowest BCUT2D eigenvalue weighted by Gasteiger charge is -2.36. The van der Waals surface area contributed by atoms with Gasteiger partial charge in [0, 0.05) is 10.7 Å². The summed E-state index contributed by atoms with van der Waals surface area (Å²) in [5, 5.41) is 6.07. The van der Waals surface area contributed by atoms with Crippen LogP contribution in [0.25, 0.3) is 0 Å². The van der Waals surface area contributed by atoms with Crippen molar-refractivity contribution in [2.45, 2.75) is 45.1 Å². The third-order valence-corrected chi connectivity index (χ3v) is 5.67. The Hall–Kier alpha value is -2.08. The zero-order chi connectivity index (χ0) is 18.2. The molecule has 1 heterocycles. The number of rotatable bonds is 3. The molecule has 1 spiro atoms. The van der Waals surface area contributed by atoms with E-state index < -0.39 is 17.5 Å². The maximum Gasteiger partial charge on any atom is 0.325 e. The number of carbonyl (C=O) groups is 3. The summed E-state index contributed by atoms with van der Waals surface area (Å²) in [7, 11) is 0. The molecule has 0 bridgehead atoms. The first-order valence-corrected chi connectivity index (χ1v) is 8.91. The topological polar surface area (TPSA) is 78.5 Å². The highest BCUT2D eigenvalue weighted by molar-refractivity contribution is 6.31. The zero-order valence-corrected chi connectivity index (χ0v) is 15.2. The standard InChI is InChI=1S/C18H22ClN3O3/c1-11-6-7-13(9-14(11)19)20-15(23)10-22-16(24)18(21-17(22)25)8-4-3-5-12(18)2/h6-7,9,12H,3-5,8,10H2,1-2H3,(H,20,23)(H,21,25)/t12-,18+/m1/s1. The number of hydrogen-bond acceptors (Lipinski definition) is 3. The van der Waals surface area contributed by atoms with E-state index in [4.69, 9.17) is 11.6 Å². The fourth-order valence-corrected chi connectivity index (χ4v) is 3.83. The molecule has 2 aliphatic rings. The zero-order valence-electron chi connectivity index (χ0n) is 14.4. The van der Waals surface area contributed by atoms with Crippen molar-refractivity contribution in [2.75, 3.05) is 11.9 Å². The van der Waals surface area contributed by atoms with Gasteiger partial charge in [-0.1, -0.05) is 37.4 Å². The number of aryl methyl sites for hydroxylation is 1. The van der Waals surface area contributed by atoms with E-state index in [-0.39, 0.29) is 18.4 Å². The lowest BCUT2D eigenvalue weighted by Crippen LogP contribution is -2.54. The first kappa shape index (κ1) is 17.7. The maximum absolute atomic E-state index is 12.8. The van der Waals surface area contributed by atoms with E-state index in [0.29, 0.717) is 17.1 Å². The molecule has 0 aromatic heterocycles. The summed E-state index contributed by atoms with van der Waals surface area (Å²) in [6.07, 6.45) is 3.48.